The molecule has 1 aromatic heterocycles. The van der Waals surface area contributed by atoms with Gasteiger partial charge >= 0.3 is 6.09 Å². The van der Waals surface area contributed by atoms with Crippen molar-refractivity contribution in [3.63, 3.8) is 0 Å². The molecular formula is C18H31BrN2O3Si. The number of aromatic nitrogens is 1. The zero-order valence-corrected chi connectivity index (χ0v) is 19.1. The van der Waals surface area contributed by atoms with E-state index < -0.39 is 19.8 Å². The van der Waals surface area contributed by atoms with Gasteiger partial charge in [-0.15, -0.1) is 0 Å². The highest BCUT2D eigenvalue weighted by atomic mass is 79.9. The van der Waals surface area contributed by atoms with Crippen LogP contribution in [0.4, 0.5) is 10.5 Å². The van der Waals surface area contributed by atoms with E-state index in [1.54, 1.807) is 6.20 Å². The number of rotatable bonds is 7. The average Bonchev–Trinajstić information content (AvgIpc) is 2.44. The summed E-state index contributed by atoms with van der Waals surface area (Å²) in [7, 11) is -1.18. The molecule has 1 aromatic rings. The number of nitrogens with zero attached hydrogens (tertiary/aromatic N) is 2. The molecule has 7 heteroatoms. The Kier molecular flexibility index (Phi) is 8.09. The van der Waals surface area contributed by atoms with Gasteiger partial charge in [0, 0.05) is 14.7 Å². The fraction of sp³-hybridized carbons (Fsp3) is 0.667. The Morgan fingerprint density at radius 3 is 2.48 bits per heavy atom. The molecule has 0 aliphatic carbocycles. The Morgan fingerprint density at radius 2 is 1.96 bits per heavy atom. The standard InChI is InChI=1S/C18H31BrN2O3Si/c1-8-14-11-16(19)20-12-15(14)21(17(22)24-18(2,3)4)13-23-9-10-25(5,6)7/h11-12H,8-10,13H2,1-7H3. The monoisotopic (exact) mass is 430 g/mol. The van der Waals surface area contributed by atoms with Gasteiger partial charge in [0.1, 0.15) is 16.9 Å². The molecule has 0 aliphatic heterocycles. The maximum absolute atomic E-state index is 12.7. The average molecular weight is 431 g/mol. The third-order valence-corrected chi connectivity index (χ3v) is 5.57. The lowest BCUT2D eigenvalue weighted by molar-refractivity contribution is 0.0499. The van der Waals surface area contributed by atoms with E-state index in [0.29, 0.717) is 6.61 Å². The second kappa shape index (κ2) is 9.14. The molecule has 0 spiro atoms. The van der Waals surface area contributed by atoms with Crippen molar-refractivity contribution in [1.29, 1.82) is 0 Å². The normalized spacial score (nSPS) is 12.2. The van der Waals surface area contributed by atoms with E-state index in [9.17, 15) is 4.79 Å². The van der Waals surface area contributed by atoms with Crippen molar-refractivity contribution in [2.75, 3.05) is 18.2 Å². The van der Waals surface area contributed by atoms with Gasteiger partial charge in [0.2, 0.25) is 0 Å². The third-order valence-electron chi connectivity index (χ3n) is 3.43. The first-order valence-corrected chi connectivity index (χ1v) is 13.2. The molecule has 0 fully saturated rings. The van der Waals surface area contributed by atoms with Gasteiger partial charge in [0.05, 0.1) is 11.9 Å². The minimum Gasteiger partial charge on any atom is -0.443 e. The highest BCUT2D eigenvalue weighted by molar-refractivity contribution is 9.10. The van der Waals surface area contributed by atoms with E-state index in [1.165, 1.54) is 4.90 Å². The fourth-order valence-electron chi connectivity index (χ4n) is 2.06. The summed E-state index contributed by atoms with van der Waals surface area (Å²) in [5.41, 5.74) is 1.18. The predicted octanol–water partition coefficient (Wildman–Crippen LogP) is 5.46. The number of halogens is 1. The van der Waals surface area contributed by atoms with Crippen molar-refractivity contribution in [3.05, 3.63) is 22.4 Å². The zero-order valence-electron chi connectivity index (χ0n) is 16.5. The van der Waals surface area contributed by atoms with E-state index in [4.69, 9.17) is 9.47 Å². The number of hydrogen-bond donors (Lipinski definition) is 0. The van der Waals surface area contributed by atoms with Crippen molar-refractivity contribution in [3.8, 4) is 0 Å². The molecular weight excluding hydrogens is 400 g/mol. The first-order valence-electron chi connectivity index (χ1n) is 8.65. The van der Waals surface area contributed by atoms with Crippen molar-refractivity contribution in [2.45, 2.75) is 65.4 Å². The van der Waals surface area contributed by atoms with Gasteiger partial charge < -0.3 is 9.47 Å². The molecule has 0 atom stereocenters. The number of carbonyl (C=O) groups excluding carboxylic acids is 1. The summed E-state index contributed by atoms with van der Waals surface area (Å²) in [4.78, 5) is 18.5. The van der Waals surface area contributed by atoms with Crippen LogP contribution in [0.25, 0.3) is 0 Å². The van der Waals surface area contributed by atoms with E-state index in [1.807, 2.05) is 33.8 Å². The lowest BCUT2D eigenvalue weighted by Gasteiger charge is -2.28. The number of carbonyl (C=O) groups is 1. The van der Waals surface area contributed by atoms with Gasteiger partial charge in [0.15, 0.2) is 0 Å². The van der Waals surface area contributed by atoms with Crippen LogP contribution >= 0.6 is 15.9 Å². The molecule has 0 saturated carbocycles. The molecule has 1 rings (SSSR count). The summed E-state index contributed by atoms with van der Waals surface area (Å²) in [5.74, 6) is 0. The lowest BCUT2D eigenvalue weighted by Crippen LogP contribution is -2.39. The highest BCUT2D eigenvalue weighted by Crippen LogP contribution is 2.25. The van der Waals surface area contributed by atoms with Crippen LogP contribution in [0.3, 0.4) is 0 Å². The van der Waals surface area contributed by atoms with E-state index >= 15 is 0 Å². The number of anilines is 1. The molecule has 1 amide bonds. The smallest absolute Gasteiger partial charge is 0.416 e. The molecule has 5 nitrogen and oxygen atoms in total. The first-order chi connectivity index (χ1) is 11.4. The number of ether oxygens (including phenoxy) is 2. The minimum atomic E-state index is -1.18. The molecule has 1 heterocycles. The van der Waals surface area contributed by atoms with Crippen LogP contribution in [0.5, 0.6) is 0 Å². The van der Waals surface area contributed by atoms with Crippen LogP contribution in [-0.4, -0.2) is 38.1 Å². The Morgan fingerprint density at radius 1 is 1.32 bits per heavy atom. The molecule has 0 aromatic carbocycles. The van der Waals surface area contributed by atoms with Crippen LogP contribution in [-0.2, 0) is 15.9 Å². The second-order valence-electron chi connectivity index (χ2n) is 8.25. The van der Waals surface area contributed by atoms with Crippen LogP contribution in [0.15, 0.2) is 16.9 Å². The van der Waals surface area contributed by atoms with Crippen molar-refractivity contribution in [2.24, 2.45) is 0 Å². The molecule has 0 unspecified atom stereocenters. The summed E-state index contributed by atoms with van der Waals surface area (Å²) in [6, 6.07) is 2.98. The van der Waals surface area contributed by atoms with Gasteiger partial charge in [-0.1, -0.05) is 26.6 Å². The van der Waals surface area contributed by atoms with E-state index in [-0.39, 0.29) is 6.73 Å². The van der Waals surface area contributed by atoms with Crippen LogP contribution < -0.4 is 4.90 Å². The number of pyridine rings is 1. The summed E-state index contributed by atoms with van der Waals surface area (Å²) >= 11 is 3.39. The largest absolute Gasteiger partial charge is 0.443 e. The molecule has 0 radical (unpaired) electrons. The van der Waals surface area contributed by atoms with Crippen LogP contribution in [0, 0.1) is 0 Å². The number of aryl methyl sites for hydroxylation is 1. The summed E-state index contributed by atoms with van der Waals surface area (Å²) in [6.07, 6.45) is 2.05. The topological polar surface area (TPSA) is 51.7 Å². The van der Waals surface area contributed by atoms with Gasteiger partial charge in [-0.25, -0.2) is 9.78 Å². The molecule has 0 bridgehead atoms. The van der Waals surface area contributed by atoms with E-state index in [0.717, 1.165) is 28.3 Å². The summed E-state index contributed by atoms with van der Waals surface area (Å²) in [6.45, 7) is 15.3. The Balaban J connectivity index is 2.97. The van der Waals surface area contributed by atoms with Crippen molar-refractivity contribution in [1.82, 2.24) is 4.98 Å². The Labute approximate surface area is 161 Å². The van der Waals surface area contributed by atoms with E-state index in [2.05, 4.69) is 40.6 Å². The molecule has 0 aliphatic rings. The molecule has 25 heavy (non-hydrogen) atoms. The Hall–Kier alpha value is -0.923. The number of amides is 1. The number of hydrogen-bond acceptors (Lipinski definition) is 4. The predicted molar refractivity (Wildman–Crippen MR) is 109 cm³/mol. The minimum absolute atomic E-state index is 0.162. The van der Waals surface area contributed by atoms with Gasteiger partial charge in [-0.2, -0.15) is 0 Å². The molecule has 0 saturated heterocycles. The quantitative estimate of drug-likeness (QED) is 0.249. The maximum Gasteiger partial charge on any atom is 0.416 e. The van der Waals surface area contributed by atoms with Gasteiger partial charge in [0.25, 0.3) is 0 Å². The third kappa shape index (κ3) is 8.33. The Bertz CT molecular complexity index is 583. The molecule has 0 N–H and O–H groups in total. The van der Waals surface area contributed by atoms with Gasteiger partial charge in [-0.05, 0) is 60.8 Å². The maximum atomic E-state index is 12.7. The highest BCUT2D eigenvalue weighted by Gasteiger charge is 2.25. The van der Waals surface area contributed by atoms with Crippen molar-refractivity contribution >= 4 is 35.8 Å². The lowest BCUT2D eigenvalue weighted by atomic mass is 10.1. The fourth-order valence-corrected chi connectivity index (χ4v) is 3.19. The van der Waals surface area contributed by atoms with Crippen LogP contribution in [0.1, 0.15) is 33.3 Å². The molecule has 142 valence electrons. The summed E-state index contributed by atoms with van der Waals surface area (Å²) < 4.78 is 12.1. The van der Waals surface area contributed by atoms with Crippen LogP contribution in [0.2, 0.25) is 25.7 Å². The SMILES string of the molecule is CCc1cc(Br)ncc1N(COCC[Si](C)(C)C)C(=O)OC(C)(C)C. The summed E-state index contributed by atoms with van der Waals surface area (Å²) in [5, 5.41) is 0. The zero-order chi connectivity index (χ0) is 19.3. The first kappa shape index (κ1) is 22.1. The second-order valence-corrected chi connectivity index (χ2v) is 14.7. The van der Waals surface area contributed by atoms with Crippen molar-refractivity contribution < 1.29 is 14.3 Å². The van der Waals surface area contributed by atoms with Gasteiger partial charge in [-0.3, -0.25) is 4.90 Å².